The SMILES string of the molecule is CN(C=O)C(=O)N1CC(c2cccc(Cl)c2)C(C#N)(c2ccc(Cl)cc2)C1CC(C)(C)C. The highest BCUT2D eigenvalue weighted by Crippen LogP contribution is 2.52. The van der Waals surface area contributed by atoms with E-state index in [4.69, 9.17) is 23.2 Å². The molecule has 1 fully saturated rings. The monoisotopic (exact) mass is 471 g/mol. The molecule has 0 spiro atoms. The zero-order valence-electron chi connectivity index (χ0n) is 18.7. The molecule has 0 N–H and O–H groups in total. The molecule has 3 rings (SSSR count). The van der Waals surface area contributed by atoms with E-state index in [1.165, 1.54) is 7.05 Å². The quantitative estimate of drug-likeness (QED) is 0.523. The Kier molecular flexibility index (Phi) is 6.88. The summed E-state index contributed by atoms with van der Waals surface area (Å²) in [7, 11) is 1.44. The van der Waals surface area contributed by atoms with Crippen LogP contribution in [-0.2, 0) is 10.2 Å². The van der Waals surface area contributed by atoms with Crippen molar-refractivity contribution in [1.82, 2.24) is 9.80 Å². The van der Waals surface area contributed by atoms with Crippen molar-refractivity contribution in [2.24, 2.45) is 5.41 Å². The first-order valence-electron chi connectivity index (χ1n) is 10.4. The van der Waals surface area contributed by atoms with Gasteiger partial charge in [0.15, 0.2) is 0 Å². The topological polar surface area (TPSA) is 64.4 Å². The van der Waals surface area contributed by atoms with E-state index in [1.54, 1.807) is 23.1 Å². The number of carbonyl (C=O) groups excluding carboxylic acids is 2. The number of carbonyl (C=O) groups is 2. The van der Waals surface area contributed by atoms with Crippen LogP contribution < -0.4 is 0 Å². The molecule has 5 nitrogen and oxygen atoms in total. The van der Waals surface area contributed by atoms with Crippen molar-refractivity contribution in [1.29, 1.82) is 5.26 Å². The first-order valence-corrected chi connectivity index (χ1v) is 11.2. The summed E-state index contributed by atoms with van der Waals surface area (Å²) in [6, 6.07) is 16.4. The molecule has 168 valence electrons. The highest BCUT2D eigenvalue weighted by molar-refractivity contribution is 6.30. The number of likely N-dealkylation sites (tertiary alicyclic amines) is 1. The Hall–Kier alpha value is -2.55. The number of urea groups is 1. The normalized spacial score (nSPS) is 23.0. The molecule has 0 radical (unpaired) electrons. The van der Waals surface area contributed by atoms with Crippen LogP contribution in [0, 0.1) is 16.7 Å². The molecule has 32 heavy (non-hydrogen) atoms. The van der Waals surface area contributed by atoms with Gasteiger partial charge in [0, 0.05) is 29.6 Å². The number of nitriles is 1. The van der Waals surface area contributed by atoms with E-state index >= 15 is 0 Å². The van der Waals surface area contributed by atoms with Gasteiger partial charge in [0.25, 0.3) is 0 Å². The molecule has 3 unspecified atom stereocenters. The maximum Gasteiger partial charge on any atom is 0.326 e. The minimum Gasteiger partial charge on any atom is -0.319 e. The highest BCUT2D eigenvalue weighted by Gasteiger charge is 2.58. The Morgan fingerprint density at radius 3 is 2.41 bits per heavy atom. The maximum atomic E-state index is 13.3. The number of hydrogen-bond donors (Lipinski definition) is 0. The lowest BCUT2D eigenvalue weighted by Crippen LogP contribution is -2.50. The number of imide groups is 1. The Labute approximate surface area is 199 Å². The third kappa shape index (κ3) is 4.48. The van der Waals surface area contributed by atoms with Crippen molar-refractivity contribution in [2.75, 3.05) is 13.6 Å². The van der Waals surface area contributed by atoms with Crippen LogP contribution in [-0.4, -0.2) is 41.9 Å². The minimum absolute atomic E-state index is 0.180. The van der Waals surface area contributed by atoms with Gasteiger partial charge in [-0.15, -0.1) is 0 Å². The zero-order chi connectivity index (χ0) is 23.7. The molecule has 2 aromatic carbocycles. The molecule has 0 saturated carbocycles. The highest BCUT2D eigenvalue weighted by atomic mass is 35.5. The van der Waals surface area contributed by atoms with Crippen LogP contribution >= 0.6 is 23.2 Å². The number of rotatable bonds is 4. The predicted molar refractivity (Wildman–Crippen MR) is 127 cm³/mol. The van der Waals surface area contributed by atoms with Crippen molar-refractivity contribution in [3.63, 3.8) is 0 Å². The molecule has 2 aromatic rings. The standard InChI is InChI=1S/C25H27Cl2N3O2/c1-24(2,3)13-22-25(15-28,18-8-10-19(26)11-9-18)21(17-6-5-7-20(27)12-17)14-30(22)23(32)29(4)16-31/h5-12,16,21-22H,13-14H2,1-4H3. The predicted octanol–water partition coefficient (Wildman–Crippen LogP) is 5.87. The fourth-order valence-corrected chi connectivity index (χ4v) is 5.01. The lowest BCUT2D eigenvalue weighted by molar-refractivity contribution is -0.115. The Bertz CT molecular complexity index is 1040. The van der Waals surface area contributed by atoms with Crippen LogP contribution in [0.1, 0.15) is 44.2 Å². The summed E-state index contributed by atoms with van der Waals surface area (Å²) in [5.41, 5.74) is 0.424. The van der Waals surface area contributed by atoms with Gasteiger partial charge in [-0.25, -0.2) is 4.79 Å². The Morgan fingerprint density at radius 1 is 1.22 bits per heavy atom. The van der Waals surface area contributed by atoms with Crippen LogP contribution in [0.15, 0.2) is 48.5 Å². The van der Waals surface area contributed by atoms with Crippen molar-refractivity contribution >= 4 is 35.6 Å². The second-order valence-corrected chi connectivity index (χ2v) is 10.4. The first-order chi connectivity index (χ1) is 15.0. The van der Waals surface area contributed by atoms with E-state index in [1.807, 2.05) is 30.3 Å². The van der Waals surface area contributed by atoms with Gasteiger partial charge in [-0.3, -0.25) is 9.69 Å². The van der Waals surface area contributed by atoms with Crippen molar-refractivity contribution in [3.05, 3.63) is 69.7 Å². The van der Waals surface area contributed by atoms with Gasteiger partial charge in [-0.1, -0.05) is 68.2 Å². The summed E-state index contributed by atoms with van der Waals surface area (Å²) in [4.78, 5) is 27.4. The van der Waals surface area contributed by atoms with Crippen molar-refractivity contribution < 1.29 is 9.59 Å². The lowest BCUT2D eigenvalue weighted by atomic mass is 9.64. The molecule has 7 heteroatoms. The lowest BCUT2D eigenvalue weighted by Gasteiger charge is -2.39. The molecule has 3 amide bonds. The van der Waals surface area contributed by atoms with Gasteiger partial charge in [-0.05, 0) is 47.2 Å². The van der Waals surface area contributed by atoms with Crippen LogP contribution in [0.5, 0.6) is 0 Å². The molecular formula is C25H27Cl2N3O2. The minimum atomic E-state index is -1.05. The molecule has 0 aromatic heterocycles. The maximum absolute atomic E-state index is 13.3. The average Bonchev–Trinajstić information content (AvgIpc) is 3.06. The van der Waals surface area contributed by atoms with E-state index in [-0.39, 0.29) is 17.9 Å². The van der Waals surface area contributed by atoms with Crippen LogP contribution in [0.2, 0.25) is 10.0 Å². The molecule has 1 heterocycles. The fraction of sp³-hybridized carbons (Fsp3) is 0.400. The van der Waals surface area contributed by atoms with Gasteiger partial charge in [0.05, 0.1) is 12.1 Å². The van der Waals surface area contributed by atoms with Gasteiger partial charge in [0.2, 0.25) is 6.41 Å². The van der Waals surface area contributed by atoms with Crippen LogP contribution in [0.25, 0.3) is 0 Å². The second kappa shape index (κ2) is 9.13. The molecule has 0 aliphatic carbocycles. The van der Waals surface area contributed by atoms with E-state index in [2.05, 4.69) is 26.8 Å². The van der Waals surface area contributed by atoms with Crippen molar-refractivity contribution in [3.8, 4) is 6.07 Å². The first kappa shape index (κ1) is 24.1. The Morgan fingerprint density at radius 2 is 1.88 bits per heavy atom. The number of nitrogens with zero attached hydrogens (tertiary/aromatic N) is 3. The molecule has 1 aliphatic heterocycles. The molecular weight excluding hydrogens is 445 g/mol. The third-order valence-electron chi connectivity index (χ3n) is 6.10. The smallest absolute Gasteiger partial charge is 0.319 e. The summed E-state index contributed by atoms with van der Waals surface area (Å²) in [5, 5.41) is 11.9. The second-order valence-electron chi connectivity index (χ2n) is 9.53. The zero-order valence-corrected chi connectivity index (χ0v) is 20.2. The van der Waals surface area contributed by atoms with Gasteiger partial charge < -0.3 is 4.90 Å². The van der Waals surface area contributed by atoms with Crippen LogP contribution in [0.4, 0.5) is 4.79 Å². The summed E-state index contributed by atoms with van der Waals surface area (Å²) >= 11 is 12.5. The number of hydrogen-bond acceptors (Lipinski definition) is 3. The van der Waals surface area contributed by atoms with E-state index in [0.717, 1.165) is 16.0 Å². The summed E-state index contributed by atoms with van der Waals surface area (Å²) in [5.74, 6) is -0.344. The van der Waals surface area contributed by atoms with E-state index in [9.17, 15) is 14.9 Å². The summed E-state index contributed by atoms with van der Waals surface area (Å²) < 4.78 is 0. The third-order valence-corrected chi connectivity index (χ3v) is 6.59. The van der Waals surface area contributed by atoms with Gasteiger partial charge in [0.1, 0.15) is 5.41 Å². The van der Waals surface area contributed by atoms with Crippen molar-refractivity contribution in [2.45, 2.75) is 44.6 Å². The summed E-state index contributed by atoms with van der Waals surface area (Å²) in [6.45, 7) is 6.52. The molecule has 0 bridgehead atoms. The summed E-state index contributed by atoms with van der Waals surface area (Å²) in [6.07, 6.45) is 1.07. The average molecular weight is 472 g/mol. The fourth-order valence-electron chi connectivity index (χ4n) is 4.68. The van der Waals surface area contributed by atoms with E-state index in [0.29, 0.717) is 22.9 Å². The number of benzene rings is 2. The molecule has 3 atom stereocenters. The molecule has 1 saturated heterocycles. The number of amides is 3. The Balaban J connectivity index is 2.29. The van der Waals surface area contributed by atoms with E-state index < -0.39 is 17.5 Å². The van der Waals surface area contributed by atoms with Crippen LogP contribution in [0.3, 0.4) is 0 Å². The number of halogens is 2. The van der Waals surface area contributed by atoms with Gasteiger partial charge >= 0.3 is 6.03 Å². The largest absolute Gasteiger partial charge is 0.326 e. The van der Waals surface area contributed by atoms with Gasteiger partial charge in [-0.2, -0.15) is 5.26 Å². The molecule has 1 aliphatic rings.